The van der Waals surface area contributed by atoms with Crippen molar-refractivity contribution >= 4 is 17.8 Å². The van der Waals surface area contributed by atoms with Gasteiger partial charge in [-0.25, -0.2) is 9.48 Å². The number of nitrogens with one attached hydrogen (secondary N) is 2. The van der Waals surface area contributed by atoms with Gasteiger partial charge >= 0.3 is 6.03 Å². The molecule has 1 aromatic carbocycles. The molecule has 2 N–H and O–H groups in total. The summed E-state index contributed by atoms with van der Waals surface area (Å²) in [6, 6.07) is 12.2. The topological polar surface area (TPSA) is 109 Å². The lowest BCUT2D eigenvalue weighted by atomic mass is 10.00. The maximum absolute atomic E-state index is 13.1. The van der Waals surface area contributed by atoms with Crippen molar-refractivity contribution in [2.24, 2.45) is 0 Å². The molecule has 9 nitrogen and oxygen atoms in total. The predicted molar refractivity (Wildman–Crippen MR) is 108 cm³/mol. The number of amides is 4. The number of carbonyl (C=O) groups excluding carboxylic acids is 3. The second-order valence-corrected chi connectivity index (χ2v) is 7.11. The fraction of sp³-hybridized carbons (Fsp3) is 0.190. The number of imide groups is 1. The average Bonchev–Trinajstić information content (AvgIpc) is 3.31. The summed E-state index contributed by atoms with van der Waals surface area (Å²) in [5, 5.41) is 7.87. The summed E-state index contributed by atoms with van der Waals surface area (Å²) in [6.45, 7) is 3.40. The lowest BCUT2D eigenvalue weighted by Crippen LogP contribution is -2.48. The summed E-state index contributed by atoms with van der Waals surface area (Å²) >= 11 is 0. The summed E-state index contributed by atoms with van der Waals surface area (Å²) in [6.07, 6.45) is 5.17. The number of rotatable bonds is 5. The SMILES string of the molecule is CCC1(C)NC(=O)N(NC(=O)c2cn(-c3ccccc3)nc2-c2cccnc2)C1=O. The van der Waals surface area contributed by atoms with E-state index in [0.717, 1.165) is 10.7 Å². The van der Waals surface area contributed by atoms with E-state index in [2.05, 4.69) is 20.8 Å². The molecule has 0 radical (unpaired) electrons. The van der Waals surface area contributed by atoms with Crippen LogP contribution in [0.5, 0.6) is 0 Å². The van der Waals surface area contributed by atoms with Crippen molar-refractivity contribution in [3.63, 3.8) is 0 Å². The van der Waals surface area contributed by atoms with E-state index in [-0.39, 0.29) is 5.56 Å². The molecule has 1 unspecified atom stereocenters. The molecule has 0 bridgehead atoms. The third-order valence-electron chi connectivity index (χ3n) is 5.10. The van der Waals surface area contributed by atoms with Crippen LogP contribution in [0.1, 0.15) is 30.6 Å². The summed E-state index contributed by atoms with van der Waals surface area (Å²) in [5.74, 6) is -1.14. The second kappa shape index (κ2) is 7.43. The first-order chi connectivity index (χ1) is 14.4. The number of hydrogen-bond acceptors (Lipinski definition) is 5. The van der Waals surface area contributed by atoms with Crippen molar-refractivity contribution in [2.45, 2.75) is 25.8 Å². The van der Waals surface area contributed by atoms with Crippen LogP contribution in [0.3, 0.4) is 0 Å². The molecular weight excluding hydrogens is 384 g/mol. The van der Waals surface area contributed by atoms with Crippen LogP contribution >= 0.6 is 0 Å². The highest BCUT2D eigenvalue weighted by Gasteiger charge is 2.47. The maximum atomic E-state index is 13.1. The number of hydrogen-bond donors (Lipinski definition) is 2. The Bertz CT molecular complexity index is 1110. The van der Waals surface area contributed by atoms with Gasteiger partial charge in [-0.3, -0.25) is 20.0 Å². The van der Waals surface area contributed by atoms with Gasteiger partial charge in [0.2, 0.25) is 0 Å². The van der Waals surface area contributed by atoms with Crippen molar-refractivity contribution in [2.75, 3.05) is 0 Å². The van der Waals surface area contributed by atoms with Crippen LogP contribution in [0.15, 0.2) is 61.1 Å². The molecule has 1 aliphatic rings. The third kappa shape index (κ3) is 3.30. The normalized spacial score (nSPS) is 18.4. The number of pyridine rings is 1. The highest BCUT2D eigenvalue weighted by atomic mass is 16.2. The monoisotopic (exact) mass is 404 g/mol. The van der Waals surface area contributed by atoms with E-state index in [1.807, 2.05) is 30.3 Å². The molecule has 1 aliphatic heterocycles. The van der Waals surface area contributed by atoms with Gasteiger partial charge in [-0.05, 0) is 37.6 Å². The molecular formula is C21H20N6O3. The number of urea groups is 1. The summed E-state index contributed by atoms with van der Waals surface area (Å²) in [4.78, 5) is 42.0. The second-order valence-electron chi connectivity index (χ2n) is 7.11. The zero-order valence-electron chi connectivity index (χ0n) is 16.5. The van der Waals surface area contributed by atoms with E-state index in [9.17, 15) is 14.4 Å². The number of aromatic nitrogens is 3. The Kier molecular flexibility index (Phi) is 4.78. The smallest absolute Gasteiger partial charge is 0.322 e. The van der Waals surface area contributed by atoms with Gasteiger partial charge in [-0.1, -0.05) is 25.1 Å². The van der Waals surface area contributed by atoms with Gasteiger partial charge in [-0.15, -0.1) is 0 Å². The molecule has 2 aromatic heterocycles. The van der Waals surface area contributed by atoms with Crippen LogP contribution in [0.2, 0.25) is 0 Å². The zero-order chi connectivity index (χ0) is 21.3. The molecule has 3 heterocycles. The molecule has 4 amide bonds. The molecule has 1 fully saturated rings. The number of carbonyl (C=O) groups is 3. The van der Waals surface area contributed by atoms with Crippen LogP contribution in [-0.2, 0) is 4.79 Å². The van der Waals surface area contributed by atoms with Gasteiger partial charge < -0.3 is 5.32 Å². The van der Waals surface area contributed by atoms with Crippen LogP contribution in [-0.4, -0.2) is 43.2 Å². The Morgan fingerprint density at radius 2 is 1.93 bits per heavy atom. The lowest BCUT2D eigenvalue weighted by molar-refractivity contribution is -0.132. The van der Waals surface area contributed by atoms with Crippen LogP contribution < -0.4 is 10.7 Å². The quantitative estimate of drug-likeness (QED) is 0.634. The molecule has 4 rings (SSSR count). The van der Waals surface area contributed by atoms with E-state index in [4.69, 9.17) is 0 Å². The highest BCUT2D eigenvalue weighted by Crippen LogP contribution is 2.24. The zero-order valence-corrected chi connectivity index (χ0v) is 16.5. The highest BCUT2D eigenvalue weighted by molar-refractivity contribution is 6.09. The predicted octanol–water partition coefficient (Wildman–Crippen LogP) is 2.30. The lowest BCUT2D eigenvalue weighted by Gasteiger charge is -2.19. The molecule has 0 spiro atoms. The first-order valence-corrected chi connectivity index (χ1v) is 9.46. The Morgan fingerprint density at radius 3 is 2.57 bits per heavy atom. The Morgan fingerprint density at radius 1 is 1.17 bits per heavy atom. The number of para-hydroxylation sites is 1. The van der Waals surface area contributed by atoms with Crippen LogP contribution in [0, 0.1) is 0 Å². The maximum Gasteiger partial charge on any atom is 0.344 e. The average molecular weight is 404 g/mol. The van der Waals surface area contributed by atoms with Crippen LogP contribution in [0.25, 0.3) is 16.9 Å². The van der Waals surface area contributed by atoms with Crippen molar-refractivity contribution in [3.05, 3.63) is 66.6 Å². The molecule has 0 aliphatic carbocycles. The Hall–Kier alpha value is -4.01. The number of benzene rings is 1. The molecule has 9 heteroatoms. The minimum absolute atomic E-state index is 0.206. The van der Waals surface area contributed by atoms with Crippen molar-refractivity contribution in [1.29, 1.82) is 0 Å². The van der Waals surface area contributed by atoms with Crippen LogP contribution in [0.4, 0.5) is 4.79 Å². The summed E-state index contributed by atoms with van der Waals surface area (Å²) in [7, 11) is 0. The largest absolute Gasteiger partial charge is 0.344 e. The van der Waals surface area contributed by atoms with Crippen molar-refractivity contribution < 1.29 is 14.4 Å². The summed E-state index contributed by atoms with van der Waals surface area (Å²) in [5.41, 5.74) is 3.35. The molecule has 30 heavy (non-hydrogen) atoms. The summed E-state index contributed by atoms with van der Waals surface area (Å²) < 4.78 is 1.57. The third-order valence-corrected chi connectivity index (χ3v) is 5.10. The first kappa shape index (κ1) is 19.3. The van der Waals surface area contributed by atoms with E-state index in [1.54, 1.807) is 49.3 Å². The number of nitrogens with zero attached hydrogens (tertiary/aromatic N) is 4. The molecule has 1 atom stereocenters. The fourth-order valence-corrected chi connectivity index (χ4v) is 3.16. The van der Waals surface area contributed by atoms with Crippen molar-refractivity contribution in [1.82, 2.24) is 30.5 Å². The van der Waals surface area contributed by atoms with Gasteiger partial charge in [0, 0.05) is 24.2 Å². The molecule has 152 valence electrons. The first-order valence-electron chi connectivity index (χ1n) is 9.46. The Balaban J connectivity index is 1.71. The Labute approximate surface area is 172 Å². The standard InChI is InChI=1S/C21H20N6O3/c1-3-21(2)19(29)27(20(30)23-21)25-18(28)16-13-26(15-9-5-4-6-10-15)24-17(16)14-8-7-11-22-12-14/h4-13H,3H2,1-2H3,(H,23,30)(H,25,28). The van der Waals surface area contributed by atoms with Gasteiger partial charge in [-0.2, -0.15) is 10.1 Å². The molecule has 1 saturated heterocycles. The molecule has 0 saturated carbocycles. The van der Waals surface area contributed by atoms with Gasteiger partial charge in [0.25, 0.3) is 11.8 Å². The van der Waals surface area contributed by atoms with Gasteiger partial charge in [0.05, 0.1) is 11.3 Å². The number of hydrazine groups is 1. The minimum Gasteiger partial charge on any atom is -0.322 e. The van der Waals surface area contributed by atoms with Crippen molar-refractivity contribution in [3.8, 4) is 16.9 Å². The fourth-order valence-electron chi connectivity index (χ4n) is 3.16. The van der Waals surface area contributed by atoms with E-state index in [0.29, 0.717) is 17.7 Å². The minimum atomic E-state index is -1.05. The molecule has 3 aromatic rings. The van der Waals surface area contributed by atoms with Gasteiger partial charge in [0.1, 0.15) is 11.2 Å². The van der Waals surface area contributed by atoms with E-state index < -0.39 is 23.4 Å². The van der Waals surface area contributed by atoms with E-state index >= 15 is 0 Å². The van der Waals surface area contributed by atoms with Gasteiger partial charge in [0.15, 0.2) is 0 Å². The van der Waals surface area contributed by atoms with E-state index in [1.165, 1.54) is 0 Å².